The second-order valence-corrected chi connectivity index (χ2v) is 3.73. The van der Waals surface area contributed by atoms with E-state index in [9.17, 15) is 0 Å². The first-order chi connectivity index (χ1) is 5.65. The van der Waals surface area contributed by atoms with Crippen molar-refractivity contribution in [2.24, 2.45) is 0 Å². The number of likely N-dealkylation sites (N-methyl/N-ethyl adjacent to an activating group) is 2. The summed E-state index contributed by atoms with van der Waals surface area (Å²) in [7, 11) is 4.22. The lowest BCUT2D eigenvalue weighted by molar-refractivity contribution is 0.0386. The van der Waals surface area contributed by atoms with E-state index >= 15 is 0 Å². The minimum absolute atomic E-state index is 0.137. The molecule has 1 rings (SSSR count). The molecule has 2 N–H and O–H groups in total. The van der Waals surface area contributed by atoms with E-state index < -0.39 is 0 Å². The summed E-state index contributed by atoms with van der Waals surface area (Å²) in [6.45, 7) is 5.21. The van der Waals surface area contributed by atoms with Crippen molar-refractivity contribution in [2.45, 2.75) is 19.0 Å². The number of hydroxylamine groups is 1. The van der Waals surface area contributed by atoms with Crippen LogP contribution >= 0.6 is 0 Å². The van der Waals surface area contributed by atoms with E-state index in [1.165, 1.54) is 0 Å². The van der Waals surface area contributed by atoms with Crippen LogP contribution in [0.1, 0.15) is 6.92 Å². The van der Waals surface area contributed by atoms with Gasteiger partial charge in [-0.25, -0.2) is 5.48 Å². The molecule has 1 fully saturated rings. The molecule has 0 saturated carbocycles. The van der Waals surface area contributed by atoms with Gasteiger partial charge in [-0.1, -0.05) is 0 Å². The number of piperazine rings is 1. The average molecular weight is 173 g/mol. The molecule has 0 amide bonds. The predicted molar refractivity (Wildman–Crippen MR) is 48.3 cm³/mol. The van der Waals surface area contributed by atoms with Gasteiger partial charge in [0.1, 0.15) is 0 Å². The molecule has 0 aromatic heterocycles. The molecule has 1 heterocycles. The largest absolute Gasteiger partial charge is 0.316 e. The van der Waals surface area contributed by atoms with Gasteiger partial charge in [-0.05, 0) is 21.0 Å². The Hall–Kier alpha value is -0.160. The third-order valence-electron chi connectivity index (χ3n) is 2.68. The fourth-order valence-electron chi connectivity index (χ4n) is 1.67. The Morgan fingerprint density at radius 3 is 2.67 bits per heavy atom. The standard InChI is InChI=1S/C8H19N3O/c1-7(9-12)8-6-10(2)4-5-11(8)3/h7-9,12H,4-6H2,1-3H3. The number of nitrogens with one attached hydrogen (secondary N) is 1. The molecule has 4 heteroatoms. The van der Waals surface area contributed by atoms with Crippen molar-refractivity contribution in [1.29, 1.82) is 0 Å². The van der Waals surface area contributed by atoms with Crippen molar-refractivity contribution < 1.29 is 5.21 Å². The molecule has 0 radical (unpaired) electrons. The van der Waals surface area contributed by atoms with E-state index in [2.05, 4.69) is 29.4 Å². The van der Waals surface area contributed by atoms with E-state index in [1.807, 2.05) is 6.92 Å². The molecular formula is C8H19N3O. The van der Waals surface area contributed by atoms with Gasteiger partial charge < -0.3 is 10.1 Å². The van der Waals surface area contributed by atoms with Crippen molar-refractivity contribution in [3.05, 3.63) is 0 Å². The van der Waals surface area contributed by atoms with Gasteiger partial charge in [0.15, 0.2) is 0 Å². The molecule has 72 valence electrons. The summed E-state index contributed by atoms with van der Waals surface area (Å²) >= 11 is 0. The number of hydrogen-bond acceptors (Lipinski definition) is 4. The van der Waals surface area contributed by atoms with Crippen LogP contribution in [0, 0.1) is 0 Å². The Bertz CT molecular complexity index is 138. The van der Waals surface area contributed by atoms with E-state index in [0.717, 1.165) is 19.6 Å². The summed E-state index contributed by atoms with van der Waals surface area (Å²) < 4.78 is 0. The molecule has 1 aliphatic rings. The third-order valence-corrected chi connectivity index (χ3v) is 2.68. The number of rotatable bonds is 2. The molecule has 0 aliphatic carbocycles. The molecule has 4 nitrogen and oxygen atoms in total. The predicted octanol–water partition coefficient (Wildman–Crippen LogP) is -0.400. The quantitative estimate of drug-likeness (QED) is 0.557. The van der Waals surface area contributed by atoms with Crippen molar-refractivity contribution in [3.8, 4) is 0 Å². The van der Waals surface area contributed by atoms with E-state index in [4.69, 9.17) is 5.21 Å². The highest BCUT2D eigenvalue weighted by molar-refractivity contribution is 4.84. The Balaban J connectivity index is 2.48. The molecule has 0 aromatic carbocycles. The topological polar surface area (TPSA) is 38.7 Å². The highest BCUT2D eigenvalue weighted by atomic mass is 16.5. The lowest BCUT2D eigenvalue weighted by Gasteiger charge is -2.40. The first kappa shape index (κ1) is 9.92. The number of nitrogens with zero attached hydrogens (tertiary/aromatic N) is 2. The zero-order chi connectivity index (χ0) is 9.14. The Morgan fingerprint density at radius 1 is 1.42 bits per heavy atom. The van der Waals surface area contributed by atoms with Crippen molar-refractivity contribution >= 4 is 0 Å². The smallest absolute Gasteiger partial charge is 0.0459 e. The molecule has 1 saturated heterocycles. The summed E-state index contributed by atoms with van der Waals surface area (Å²) in [5.41, 5.74) is 2.32. The molecular weight excluding hydrogens is 154 g/mol. The SMILES string of the molecule is CC(NO)C1CN(C)CCN1C. The van der Waals surface area contributed by atoms with Crippen LogP contribution in [0.2, 0.25) is 0 Å². The van der Waals surface area contributed by atoms with Crippen molar-refractivity contribution in [2.75, 3.05) is 33.7 Å². The zero-order valence-corrected chi connectivity index (χ0v) is 8.12. The monoisotopic (exact) mass is 173 g/mol. The average Bonchev–Trinajstić information content (AvgIpc) is 2.08. The lowest BCUT2D eigenvalue weighted by Crippen LogP contribution is -2.57. The Labute approximate surface area is 74.1 Å². The molecule has 12 heavy (non-hydrogen) atoms. The van der Waals surface area contributed by atoms with Crippen LogP contribution in [0.4, 0.5) is 0 Å². The first-order valence-electron chi connectivity index (χ1n) is 4.43. The Morgan fingerprint density at radius 2 is 2.08 bits per heavy atom. The lowest BCUT2D eigenvalue weighted by atomic mass is 10.1. The van der Waals surface area contributed by atoms with Crippen LogP contribution in [0.3, 0.4) is 0 Å². The van der Waals surface area contributed by atoms with Crippen molar-refractivity contribution in [1.82, 2.24) is 15.3 Å². The van der Waals surface area contributed by atoms with Gasteiger partial charge in [0.05, 0.1) is 0 Å². The summed E-state index contributed by atoms with van der Waals surface area (Å²) in [5, 5.41) is 8.80. The van der Waals surface area contributed by atoms with Crippen LogP contribution in [-0.4, -0.2) is 60.8 Å². The highest BCUT2D eigenvalue weighted by Gasteiger charge is 2.26. The molecule has 2 unspecified atom stereocenters. The minimum atomic E-state index is 0.137. The van der Waals surface area contributed by atoms with E-state index in [1.54, 1.807) is 0 Å². The molecule has 0 bridgehead atoms. The van der Waals surface area contributed by atoms with Gasteiger partial charge in [-0.2, -0.15) is 0 Å². The fourth-order valence-corrected chi connectivity index (χ4v) is 1.67. The van der Waals surface area contributed by atoms with Gasteiger partial charge in [-0.15, -0.1) is 0 Å². The van der Waals surface area contributed by atoms with Crippen LogP contribution in [0.15, 0.2) is 0 Å². The summed E-state index contributed by atoms with van der Waals surface area (Å²) in [6.07, 6.45) is 0. The summed E-state index contributed by atoms with van der Waals surface area (Å²) in [5.74, 6) is 0. The maximum atomic E-state index is 8.80. The van der Waals surface area contributed by atoms with Gasteiger partial charge in [0.25, 0.3) is 0 Å². The van der Waals surface area contributed by atoms with Crippen LogP contribution in [-0.2, 0) is 0 Å². The third kappa shape index (κ3) is 2.17. The van der Waals surface area contributed by atoms with Gasteiger partial charge >= 0.3 is 0 Å². The molecule has 1 aliphatic heterocycles. The minimum Gasteiger partial charge on any atom is -0.316 e. The van der Waals surface area contributed by atoms with E-state index in [0.29, 0.717) is 6.04 Å². The Kier molecular flexibility index (Phi) is 3.46. The molecule has 0 aromatic rings. The maximum Gasteiger partial charge on any atom is 0.0459 e. The van der Waals surface area contributed by atoms with Crippen LogP contribution < -0.4 is 5.48 Å². The highest BCUT2D eigenvalue weighted by Crippen LogP contribution is 2.08. The fraction of sp³-hybridized carbons (Fsp3) is 1.00. The van der Waals surface area contributed by atoms with Crippen LogP contribution in [0.25, 0.3) is 0 Å². The first-order valence-corrected chi connectivity index (χ1v) is 4.43. The zero-order valence-electron chi connectivity index (χ0n) is 8.12. The second kappa shape index (κ2) is 4.18. The maximum absolute atomic E-state index is 8.80. The van der Waals surface area contributed by atoms with Gasteiger partial charge in [0.2, 0.25) is 0 Å². The normalized spacial score (nSPS) is 30.5. The van der Waals surface area contributed by atoms with Gasteiger partial charge in [0, 0.05) is 31.7 Å². The molecule has 2 atom stereocenters. The summed E-state index contributed by atoms with van der Waals surface area (Å²) in [4.78, 5) is 4.58. The molecule has 0 spiro atoms. The van der Waals surface area contributed by atoms with E-state index in [-0.39, 0.29) is 6.04 Å². The van der Waals surface area contributed by atoms with Crippen molar-refractivity contribution in [3.63, 3.8) is 0 Å². The second-order valence-electron chi connectivity index (χ2n) is 3.73. The summed E-state index contributed by atoms with van der Waals surface area (Å²) in [6, 6.07) is 0.548. The van der Waals surface area contributed by atoms with Crippen LogP contribution in [0.5, 0.6) is 0 Å². The number of hydrogen-bond donors (Lipinski definition) is 2. The van der Waals surface area contributed by atoms with Gasteiger partial charge in [-0.3, -0.25) is 4.90 Å².